The zero-order chi connectivity index (χ0) is 28.6. The van der Waals surface area contributed by atoms with Crippen molar-refractivity contribution in [3.63, 3.8) is 0 Å². The maximum Gasteiger partial charge on any atom is 0.344 e. The van der Waals surface area contributed by atoms with Gasteiger partial charge in [0.25, 0.3) is 5.69 Å². The Bertz CT molecular complexity index is 1350. The fraction of sp³-hybridized carbons (Fsp3) is 0.208. The largest absolute Gasteiger partial charge is 0.466 e. The number of esters is 4. The molecule has 2 aromatic rings. The Morgan fingerprint density at radius 3 is 2.03 bits per heavy atom. The van der Waals surface area contributed by atoms with Crippen molar-refractivity contribution >= 4 is 52.8 Å². The molecule has 1 heterocycles. The third kappa shape index (κ3) is 6.53. The second-order valence-electron chi connectivity index (χ2n) is 7.15. The lowest BCUT2D eigenvalue weighted by Crippen LogP contribution is -2.16. The molecule has 0 aliphatic heterocycles. The van der Waals surface area contributed by atoms with E-state index in [9.17, 15) is 34.1 Å². The van der Waals surface area contributed by atoms with E-state index >= 15 is 0 Å². The quantitative estimate of drug-likeness (QED) is 0.107. The van der Waals surface area contributed by atoms with Crippen LogP contribution in [0.1, 0.15) is 43.7 Å². The molecule has 0 unspecified atom stereocenters. The number of ether oxygens (including phenoxy) is 4. The van der Waals surface area contributed by atoms with Crippen LogP contribution in [-0.2, 0) is 28.5 Å². The second kappa shape index (κ2) is 13.0. The number of hydrogen-bond acceptors (Lipinski definition) is 12. The lowest BCUT2D eigenvalue weighted by molar-refractivity contribution is -0.384. The van der Waals surface area contributed by atoms with Crippen molar-refractivity contribution in [1.29, 1.82) is 0 Å². The fourth-order valence-electron chi connectivity index (χ4n) is 3.07. The number of non-ortho nitro benzene ring substituents is 1. The molecular weight excluding hydrogens is 524 g/mol. The van der Waals surface area contributed by atoms with E-state index in [4.69, 9.17) is 9.47 Å². The van der Waals surface area contributed by atoms with Crippen LogP contribution >= 0.6 is 11.8 Å². The normalized spacial score (nSPS) is 11.4. The summed E-state index contributed by atoms with van der Waals surface area (Å²) in [5.41, 5.74) is -1.07. The van der Waals surface area contributed by atoms with Gasteiger partial charge in [-0.3, -0.25) is 14.9 Å². The number of benzene rings is 1. The molecule has 2 rings (SSSR count). The first-order valence-corrected chi connectivity index (χ1v) is 11.3. The molecule has 200 valence electrons. The van der Waals surface area contributed by atoms with E-state index in [1.54, 1.807) is 0 Å². The van der Waals surface area contributed by atoms with Crippen LogP contribution in [0.25, 0.3) is 5.70 Å². The number of hydrogen-bond donors (Lipinski definition) is 0. The lowest BCUT2D eigenvalue weighted by atomic mass is 10.0. The molecule has 0 radical (unpaired) electrons. The standard InChI is InChI=1S/C24H22N2O11S/c1-13(12-38-17(23(30)36-4)10-18(27)34-2)25-11-16(22(29)35-3)19(24(31)37-5)20(25)21(28)14-6-8-15(9-7-14)26(32)33/h6-12H,1-5H3/b13-12-,17-10+. The summed E-state index contributed by atoms with van der Waals surface area (Å²) in [6.45, 7) is 1.49. The van der Waals surface area contributed by atoms with Gasteiger partial charge in [0.15, 0.2) is 0 Å². The van der Waals surface area contributed by atoms with E-state index in [1.165, 1.54) is 35.2 Å². The van der Waals surface area contributed by atoms with Crippen molar-refractivity contribution in [1.82, 2.24) is 4.57 Å². The maximum absolute atomic E-state index is 13.6. The van der Waals surface area contributed by atoms with E-state index in [2.05, 4.69) is 9.47 Å². The highest BCUT2D eigenvalue weighted by Crippen LogP contribution is 2.29. The van der Waals surface area contributed by atoms with Gasteiger partial charge in [0.05, 0.1) is 38.9 Å². The Morgan fingerprint density at radius 2 is 1.53 bits per heavy atom. The van der Waals surface area contributed by atoms with Gasteiger partial charge < -0.3 is 23.5 Å². The number of carbonyl (C=O) groups excluding carboxylic acids is 5. The van der Waals surface area contributed by atoms with Crippen molar-refractivity contribution in [3.05, 3.63) is 79.4 Å². The number of aromatic nitrogens is 1. The number of nitro benzene ring substituents is 1. The summed E-state index contributed by atoms with van der Waals surface area (Å²) >= 11 is 0.750. The second-order valence-corrected chi connectivity index (χ2v) is 8.06. The molecule has 0 saturated heterocycles. The first-order valence-electron chi connectivity index (χ1n) is 10.4. The van der Waals surface area contributed by atoms with E-state index in [1.807, 2.05) is 0 Å². The summed E-state index contributed by atoms with van der Waals surface area (Å²) in [7, 11) is 4.37. The van der Waals surface area contributed by atoms with Gasteiger partial charge >= 0.3 is 23.9 Å². The molecule has 1 aromatic carbocycles. The molecule has 0 atom stereocenters. The van der Waals surface area contributed by atoms with Gasteiger partial charge in [-0.05, 0) is 24.5 Å². The SMILES string of the molecule is COC(=O)/C=C(/S/C=C(/C)n1cc(C(=O)OC)c(C(=O)OC)c1C(=O)c1ccc([N+](=O)[O-])cc1)C(=O)OC. The van der Waals surface area contributed by atoms with Crippen molar-refractivity contribution < 1.29 is 47.8 Å². The third-order valence-electron chi connectivity index (χ3n) is 4.93. The van der Waals surface area contributed by atoms with Gasteiger partial charge in [0, 0.05) is 35.7 Å². The number of methoxy groups -OCH3 is 4. The monoisotopic (exact) mass is 546 g/mol. The zero-order valence-electron chi connectivity index (χ0n) is 20.8. The van der Waals surface area contributed by atoms with Crippen molar-refractivity contribution in [3.8, 4) is 0 Å². The molecule has 1 aromatic heterocycles. The first kappa shape index (κ1) is 29.5. The minimum absolute atomic E-state index is 0.0298. The van der Waals surface area contributed by atoms with Crippen LogP contribution in [0.3, 0.4) is 0 Å². The highest BCUT2D eigenvalue weighted by atomic mass is 32.2. The number of nitro groups is 1. The van der Waals surface area contributed by atoms with Crippen molar-refractivity contribution in [2.75, 3.05) is 28.4 Å². The summed E-state index contributed by atoms with van der Waals surface area (Å²) < 4.78 is 19.9. The number of nitrogens with zero attached hydrogens (tertiary/aromatic N) is 2. The van der Waals surface area contributed by atoms with Crippen LogP contribution in [0.15, 0.2) is 46.9 Å². The van der Waals surface area contributed by atoms with Gasteiger partial charge in [0.2, 0.25) is 5.78 Å². The summed E-state index contributed by atoms with van der Waals surface area (Å²) in [6.07, 6.45) is 2.07. The van der Waals surface area contributed by atoms with Gasteiger partial charge in [-0.15, -0.1) is 0 Å². The average Bonchev–Trinajstić information content (AvgIpc) is 3.33. The number of ketones is 1. The van der Waals surface area contributed by atoms with Gasteiger partial charge in [0.1, 0.15) is 16.2 Å². The van der Waals surface area contributed by atoms with Gasteiger partial charge in [-0.25, -0.2) is 19.2 Å². The molecular formula is C24H22N2O11S. The zero-order valence-corrected chi connectivity index (χ0v) is 21.7. The van der Waals surface area contributed by atoms with E-state index in [-0.39, 0.29) is 33.1 Å². The van der Waals surface area contributed by atoms with E-state index < -0.39 is 40.1 Å². The van der Waals surface area contributed by atoms with Crippen LogP contribution in [0.2, 0.25) is 0 Å². The minimum Gasteiger partial charge on any atom is -0.466 e. The van der Waals surface area contributed by atoms with E-state index in [0.29, 0.717) is 0 Å². The Labute approximate surface area is 220 Å². The van der Waals surface area contributed by atoms with Crippen LogP contribution in [-0.4, -0.2) is 67.6 Å². The molecule has 0 aliphatic carbocycles. The van der Waals surface area contributed by atoms with Crippen molar-refractivity contribution in [2.45, 2.75) is 6.92 Å². The minimum atomic E-state index is -1.02. The molecule has 0 fully saturated rings. The predicted octanol–water partition coefficient (Wildman–Crippen LogP) is 2.98. The highest BCUT2D eigenvalue weighted by molar-refractivity contribution is 8.06. The molecule has 0 bridgehead atoms. The smallest absolute Gasteiger partial charge is 0.344 e. The van der Waals surface area contributed by atoms with Crippen LogP contribution in [0, 0.1) is 10.1 Å². The lowest BCUT2D eigenvalue weighted by Gasteiger charge is -2.11. The molecule has 0 saturated carbocycles. The summed E-state index contributed by atoms with van der Waals surface area (Å²) in [5.74, 6) is -4.39. The molecule has 0 amide bonds. The Kier molecular flexibility index (Phi) is 10.1. The predicted molar refractivity (Wildman–Crippen MR) is 133 cm³/mol. The number of allylic oxidation sites excluding steroid dienone is 1. The topological polar surface area (TPSA) is 170 Å². The Balaban J connectivity index is 2.75. The average molecular weight is 547 g/mol. The molecule has 14 heteroatoms. The van der Waals surface area contributed by atoms with Gasteiger partial charge in [-0.1, -0.05) is 11.8 Å². The van der Waals surface area contributed by atoms with E-state index in [0.717, 1.165) is 58.4 Å². The van der Waals surface area contributed by atoms with Crippen LogP contribution in [0.5, 0.6) is 0 Å². The van der Waals surface area contributed by atoms with Crippen LogP contribution < -0.4 is 0 Å². The number of thioether (sulfide) groups is 1. The molecule has 13 nitrogen and oxygen atoms in total. The molecule has 0 spiro atoms. The van der Waals surface area contributed by atoms with Crippen LogP contribution in [0.4, 0.5) is 5.69 Å². The molecule has 0 N–H and O–H groups in total. The first-order chi connectivity index (χ1) is 18.0. The summed E-state index contributed by atoms with van der Waals surface area (Å²) in [6, 6.07) is 4.61. The molecule has 0 aliphatic rings. The van der Waals surface area contributed by atoms with Gasteiger partial charge in [-0.2, -0.15) is 0 Å². The maximum atomic E-state index is 13.6. The molecule has 38 heavy (non-hydrogen) atoms. The number of carbonyl (C=O) groups is 5. The Morgan fingerprint density at radius 1 is 0.921 bits per heavy atom. The highest BCUT2D eigenvalue weighted by Gasteiger charge is 2.32. The third-order valence-corrected chi connectivity index (χ3v) is 5.93. The summed E-state index contributed by atoms with van der Waals surface area (Å²) in [4.78, 5) is 72.7. The summed E-state index contributed by atoms with van der Waals surface area (Å²) in [5, 5.41) is 12.4. The Hall–Kier alpha value is -4.72. The number of rotatable bonds is 10. The van der Waals surface area contributed by atoms with Crippen molar-refractivity contribution in [2.24, 2.45) is 0 Å². The fourth-order valence-corrected chi connectivity index (χ4v) is 3.82.